The van der Waals surface area contributed by atoms with E-state index in [0.29, 0.717) is 12.8 Å². The number of carboxylic acids is 1. The molecule has 2 bridgehead atoms. The highest BCUT2D eigenvalue weighted by Gasteiger charge is 2.61. The third-order valence-electron chi connectivity index (χ3n) is 3.50. The van der Waals surface area contributed by atoms with E-state index in [1.165, 1.54) is 0 Å². The van der Waals surface area contributed by atoms with Gasteiger partial charge in [0.05, 0.1) is 5.92 Å². The molecule has 3 fully saturated rings. The first kappa shape index (κ1) is 12.4. The Labute approximate surface area is 101 Å². The van der Waals surface area contributed by atoms with Crippen LogP contribution in [0.15, 0.2) is 0 Å². The third kappa shape index (κ3) is 2.04. The first-order valence-corrected chi connectivity index (χ1v) is 5.98. The lowest BCUT2D eigenvalue weighted by Crippen LogP contribution is -2.75. The van der Waals surface area contributed by atoms with Crippen molar-refractivity contribution in [3.63, 3.8) is 0 Å². The van der Waals surface area contributed by atoms with E-state index in [0.717, 1.165) is 6.42 Å². The Bertz CT molecular complexity index is 352. The van der Waals surface area contributed by atoms with Crippen molar-refractivity contribution in [1.82, 2.24) is 5.32 Å². The zero-order valence-corrected chi connectivity index (χ0v) is 10.4. The summed E-state index contributed by atoms with van der Waals surface area (Å²) >= 11 is 0. The molecule has 1 saturated carbocycles. The Hall–Kier alpha value is -1.10. The molecule has 0 aromatic rings. The molecule has 3 aliphatic rings. The van der Waals surface area contributed by atoms with E-state index >= 15 is 0 Å². The molecule has 0 radical (unpaired) electrons. The Morgan fingerprint density at radius 2 is 1.94 bits per heavy atom. The molecule has 2 aliphatic heterocycles. The van der Waals surface area contributed by atoms with Gasteiger partial charge in [-0.2, -0.15) is 0 Å². The van der Waals surface area contributed by atoms with Crippen molar-refractivity contribution >= 4 is 11.9 Å². The van der Waals surface area contributed by atoms with Crippen molar-refractivity contribution in [2.75, 3.05) is 0 Å². The molecule has 0 aromatic carbocycles. The molecule has 96 valence electrons. The van der Waals surface area contributed by atoms with Gasteiger partial charge in [0, 0.05) is 6.04 Å². The summed E-state index contributed by atoms with van der Waals surface area (Å²) in [7, 11) is 0. The first-order chi connectivity index (χ1) is 7.74. The van der Waals surface area contributed by atoms with Gasteiger partial charge in [-0.05, 0) is 40.0 Å². The zero-order valence-electron chi connectivity index (χ0n) is 10.4. The molecule has 0 amide bonds. The predicted octanol–water partition coefficient (Wildman–Crippen LogP) is 0.923. The van der Waals surface area contributed by atoms with Crippen molar-refractivity contribution in [3.05, 3.63) is 0 Å². The topological polar surface area (TPSA) is 75.6 Å². The van der Waals surface area contributed by atoms with Gasteiger partial charge in [0.2, 0.25) is 0 Å². The van der Waals surface area contributed by atoms with E-state index in [1.807, 2.05) is 0 Å². The van der Waals surface area contributed by atoms with E-state index in [-0.39, 0.29) is 6.04 Å². The van der Waals surface area contributed by atoms with E-state index in [1.54, 1.807) is 20.8 Å². The van der Waals surface area contributed by atoms with Crippen LogP contribution in [0.1, 0.15) is 40.0 Å². The summed E-state index contributed by atoms with van der Waals surface area (Å²) in [4.78, 5) is 23.4. The minimum atomic E-state index is -1.08. The number of carboxylic acid groups (broad SMARTS) is 1. The summed E-state index contributed by atoms with van der Waals surface area (Å²) < 4.78 is 5.31. The number of fused-ring (bicyclic) bond motifs is 2. The molecule has 5 nitrogen and oxygen atoms in total. The van der Waals surface area contributed by atoms with Gasteiger partial charge in [-0.25, -0.2) is 0 Å². The van der Waals surface area contributed by atoms with E-state index in [2.05, 4.69) is 5.32 Å². The fourth-order valence-corrected chi connectivity index (χ4v) is 2.75. The van der Waals surface area contributed by atoms with Crippen LogP contribution in [0.3, 0.4) is 0 Å². The highest BCUT2D eigenvalue weighted by Crippen LogP contribution is 2.43. The molecule has 3 atom stereocenters. The van der Waals surface area contributed by atoms with Gasteiger partial charge in [0.15, 0.2) is 0 Å². The van der Waals surface area contributed by atoms with Gasteiger partial charge in [-0.15, -0.1) is 0 Å². The zero-order chi connectivity index (χ0) is 12.8. The lowest BCUT2D eigenvalue weighted by molar-refractivity contribution is -0.179. The molecule has 3 unspecified atom stereocenters. The number of hydrogen-bond donors (Lipinski definition) is 2. The van der Waals surface area contributed by atoms with Gasteiger partial charge in [-0.3, -0.25) is 14.9 Å². The van der Waals surface area contributed by atoms with E-state index < -0.39 is 29.0 Å². The maximum atomic E-state index is 12.0. The monoisotopic (exact) mass is 241 g/mol. The minimum Gasteiger partial charge on any atom is -0.480 e. The van der Waals surface area contributed by atoms with Crippen molar-refractivity contribution < 1.29 is 19.4 Å². The normalized spacial score (nSPS) is 35.9. The summed E-state index contributed by atoms with van der Waals surface area (Å²) in [5.74, 6) is -1.90. The molecule has 3 rings (SSSR count). The number of piperidine rings is 1. The van der Waals surface area contributed by atoms with Crippen LogP contribution in [-0.4, -0.2) is 34.2 Å². The maximum Gasteiger partial charge on any atom is 0.324 e. The summed E-state index contributed by atoms with van der Waals surface area (Å²) in [6, 6.07) is 0.254. The number of ether oxygens (including phenoxy) is 1. The Kier molecular flexibility index (Phi) is 2.69. The number of rotatable bonds is 2. The average Bonchev–Trinajstić information content (AvgIpc) is 2.12. The predicted molar refractivity (Wildman–Crippen MR) is 60.5 cm³/mol. The van der Waals surface area contributed by atoms with Crippen LogP contribution in [0.25, 0.3) is 0 Å². The largest absolute Gasteiger partial charge is 0.480 e. The summed E-state index contributed by atoms with van der Waals surface area (Å²) in [6.45, 7) is 5.37. The molecular formula is C12H19NO4. The molecule has 0 aromatic heterocycles. The molecule has 0 spiro atoms. The molecule has 2 heterocycles. The molecule has 1 aliphatic carbocycles. The van der Waals surface area contributed by atoms with Crippen LogP contribution in [0.4, 0.5) is 0 Å². The van der Waals surface area contributed by atoms with Crippen LogP contribution in [0.2, 0.25) is 0 Å². The lowest BCUT2D eigenvalue weighted by Gasteiger charge is -2.54. The molecular weight excluding hydrogens is 222 g/mol. The number of esters is 1. The van der Waals surface area contributed by atoms with Crippen molar-refractivity contribution in [3.8, 4) is 0 Å². The van der Waals surface area contributed by atoms with Crippen LogP contribution in [0.5, 0.6) is 0 Å². The van der Waals surface area contributed by atoms with Crippen LogP contribution >= 0.6 is 0 Å². The highest BCUT2D eigenvalue weighted by molar-refractivity contribution is 5.89. The average molecular weight is 241 g/mol. The Morgan fingerprint density at radius 3 is 2.41 bits per heavy atom. The number of hydrogen-bond acceptors (Lipinski definition) is 4. The molecule has 5 heteroatoms. The number of nitrogens with one attached hydrogen (secondary N) is 1. The first-order valence-electron chi connectivity index (χ1n) is 5.98. The van der Waals surface area contributed by atoms with E-state index in [9.17, 15) is 14.7 Å². The van der Waals surface area contributed by atoms with Crippen LogP contribution < -0.4 is 5.32 Å². The van der Waals surface area contributed by atoms with Crippen molar-refractivity contribution in [2.24, 2.45) is 5.92 Å². The fourth-order valence-electron chi connectivity index (χ4n) is 2.75. The third-order valence-corrected chi connectivity index (χ3v) is 3.50. The summed E-state index contributed by atoms with van der Waals surface area (Å²) in [5.41, 5.74) is -1.65. The maximum absolute atomic E-state index is 12.0. The Balaban J connectivity index is 2.13. The quantitative estimate of drug-likeness (QED) is 0.703. The minimum absolute atomic E-state index is 0.254. The SMILES string of the molecule is CC(C)(C)OC(=O)C1CCC2CC1(C(=O)O)N2. The van der Waals surface area contributed by atoms with Crippen LogP contribution in [0, 0.1) is 5.92 Å². The van der Waals surface area contributed by atoms with Crippen molar-refractivity contribution in [1.29, 1.82) is 0 Å². The van der Waals surface area contributed by atoms with Gasteiger partial charge < -0.3 is 9.84 Å². The molecule has 2 saturated heterocycles. The van der Waals surface area contributed by atoms with Gasteiger partial charge in [-0.1, -0.05) is 0 Å². The second-order valence-electron chi connectivity index (χ2n) is 5.99. The second-order valence-corrected chi connectivity index (χ2v) is 5.99. The summed E-state index contributed by atoms with van der Waals surface area (Å²) in [5, 5.41) is 12.3. The van der Waals surface area contributed by atoms with Gasteiger partial charge >= 0.3 is 11.9 Å². The lowest BCUT2D eigenvalue weighted by atomic mass is 9.63. The highest BCUT2D eigenvalue weighted by atomic mass is 16.6. The van der Waals surface area contributed by atoms with E-state index in [4.69, 9.17) is 4.74 Å². The molecule has 2 N–H and O–H groups in total. The molecule has 17 heavy (non-hydrogen) atoms. The number of carbonyl (C=O) groups excluding carboxylic acids is 1. The summed E-state index contributed by atoms with van der Waals surface area (Å²) in [6.07, 6.45) is 1.98. The van der Waals surface area contributed by atoms with Gasteiger partial charge in [0.25, 0.3) is 0 Å². The van der Waals surface area contributed by atoms with Crippen molar-refractivity contribution in [2.45, 2.75) is 57.2 Å². The Morgan fingerprint density at radius 1 is 1.35 bits per heavy atom. The fraction of sp³-hybridized carbons (Fsp3) is 0.833. The number of carbonyl (C=O) groups is 2. The van der Waals surface area contributed by atoms with Crippen LogP contribution in [-0.2, 0) is 14.3 Å². The standard InChI is InChI=1S/C12H19NO4/c1-11(2,3)17-9(14)8-5-4-7-6-12(8,13-7)10(15)16/h7-8,13H,4-6H2,1-3H3,(H,15,16). The van der Waals surface area contributed by atoms with Gasteiger partial charge in [0.1, 0.15) is 11.1 Å². The number of aliphatic carboxylic acids is 1. The smallest absolute Gasteiger partial charge is 0.324 e. The second kappa shape index (κ2) is 3.70.